The number of aliphatic carboxylic acids is 1. The van der Waals surface area contributed by atoms with E-state index in [0.717, 1.165) is 5.56 Å². The van der Waals surface area contributed by atoms with Gasteiger partial charge in [-0.25, -0.2) is 9.67 Å². The van der Waals surface area contributed by atoms with Crippen molar-refractivity contribution >= 4 is 17.7 Å². The predicted molar refractivity (Wildman–Crippen MR) is 68.6 cm³/mol. The first-order valence-corrected chi connectivity index (χ1v) is 6.42. The maximum Gasteiger partial charge on any atom is 0.313 e. The van der Waals surface area contributed by atoms with Crippen molar-refractivity contribution in [1.29, 1.82) is 0 Å². The molecule has 0 atom stereocenters. The lowest BCUT2D eigenvalue weighted by Gasteiger charge is -1.94. The molecule has 2 aromatic rings. The van der Waals surface area contributed by atoms with Gasteiger partial charge in [-0.2, -0.15) is 5.10 Å². The van der Waals surface area contributed by atoms with Gasteiger partial charge < -0.3 is 5.11 Å². The lowest BCUT2D eigenvalue weighted by atomic mass is 10.1. The van der Waals surface area contributed by atoms with Gasteiger partial charge in [-0.15, -0.1) is 0 Å². The summed E-state index contributed by atoms with van der Waals surface area (Å²) in [6.45, 7) is 0. The first kappa shape index (κ1) is 12.6. The van der Waals surface area contributed by atoms with E-state index >= 15 is 0 Å². The number of hydrogen-bond acceptors (Lipinski definition) is 4. The summed E-state index contributed by atoms with van der Waals surface area (Å²) < 4.78 is 1.62. The van der Waals surface area contributed by atoms with Gasteiger partial charge in [0.05, 0.1) is 5.75 Å². The molecule has 0 aliphatic carbocycles. The van der Waals surface area contributed by atoms with Crippen LogP contribution in [0.1, 0.15) is 11.4 Å². The van der Waals surface area contributed by atoms with Crippen LogP contribution in [0.3, 0.4) is 0 Å². The highest BCUT2D eigenvalue weighted by Gasteiger charge is 2.09. The highest BCUT2D eigenvalue weighted by molar-refractivity contribution is 7.99. The van der Waals surface area contributed by atoms with E-state index in [1.807, 2.05) is 30.3 Å². The fraction of sp³-hybridized carbons (Fsp3) is 0.250. The number of aryl methyl sites for hydroxylation is 1. The maximum atomic E-state index is 10.5. The van der Waals surface area contributed by atoms with E-state index in [4.69, 9.17) is 5.11 Å². The van der Waals surface area contributed by atoms with Crippen molar-refractivity contribution in [2.45, 2.75) is 11.6 Å². The Balaban J connectivity index is 2.06. The maximum absolute atomic E-state index is 10.5. The van der Waals surface area contributed by atoms with Gasteiger partial charge in [0, 0.05) is 13.5 Å². The second-order valence-corrected chi connectivity index (χ2v) is 4.72. The van der Waals surface area contributed by atoms with Crippen LogP contribution in [0.5, 0.6) is 0 Å². The quantitative estimate of drug-likeness (QED) is 0.830. The second-order valence-electron chi connectivity index (χ2n) is 3.78. The number of benzene rings is 1. The first-order chi connectivity index (χ1) is 8.65. The van der Waals surface area contributed by atoms with Gasteiger partial charge in [-0.1, -0.05) is 42.1 Å². The third kappa shape index (κ3) is 3.33. The number of hydrogen-bond donors (Lipinski definition) is 1. The lowest BCUT2D eigenvalue weighted by molar-refractivity contribution is -0.133. The SMILES string of the molecule is Cn1nc(Cc2ccccc2)nc1SCC(=O)O. The Labute approximate surface area is 109 Å². The zero-order chi connectivity index (χ0) is 13.0. The van der Waals surface area contributed by atoms with Crippen molar-refractivity contribution in [3.63, 3.8) is 0 Å². The average molecular weight is 263 g/mol. The second kappa shape index (κ2) is 5.68. The normalized spacial score (nSPS) is 10.5. The largest absolute Gasteiger partial charge is 0.481 e. The standard InChI is InChI=1S/C12H13N3O2S/c1-15-12(18-8-11(16)17)13-10(14-15)7-9-5-3-2-4-6-9/h2-6H,7-8H2,1H3,(H,16,17). The van der Waals surface area contributed by atoms with Crippen LogP contribution in [0.4, 0.5) is 0 Å². The summed E-state index contributed by atoms with van der Waals surface area (Å²) >= 11 is 1.18. The van der Waals surface area contributed by atoms with Gasteiger partial charge in [0.1, 0.15) is 0 Å². The molecule has 0 spiro atoms. The van der Waals surface area contributed by atoms with Crippen molar-refractivity contribution in [3.05, 3.63) is 41.7 Å². The van der Waals surface area contributed by atoms with E-state index in [-0.39, 0.29) is 5.75 Å². The van der Waals surface area contributed by atoms with Crippen LogP contribution in [0.2, 0.25) is 0 Å². The molecular weight excluding hydrogens is 250 g/mol. The van der Waals surface area contributed by atoms with Crippen LogP contribution in [-0.4, -0.2) is 31.6 Å². The van der Waals surface area contributed by atoms with E-state index in [0.29, 0.717) is 17.4 Å². The molecule has 0 aliphatic heterocycles. The van der Waals surface area contributed by atoms with E-state index in [1.165, 1.54) is 11.8 Å². The van der Waals surface area contributed by atoms with E-state index in [1.54, 1.807) is 11.7 Å². The Kier molecular flexibility index (Phi) is 3.99. The van der Waals surface area contributed by atoms with Crippen LogP contribution >= 0.6 is 11.8 Å². The summed E-state index contributed by atoms with van der Waals surface area (Å²) in [5.74, 6) is -0.152. The Hall–Kier alpha value is -1.82. The molecule has 0 radical (unpaired) electrons. The first-order valence-electron chi connectivity index (χ1n) is 5.43. The van der Waals surface area contributed by atoms with Crippen LogP contribution in [-0.2, 0) is 18.3 Å². The fourth-order valence-corrected chi connectivity index (χ4v) is 2.18. The molecule has 94 valence electrons. The molecule has 1 N–H and O–H groups in total. The number of carboxylic acid groups (broad SMARTS) is 1. The molecule has 0 saturated heterocycles. The molecule has 1 heterocycles. The van der Waals surface area contributed by atoms with E-state index in [2.05, 4.69) is 10.1 Å². The van der Waals surface area contributed by atoms with Crippen LogP contribution < -0.4 is 0 Å². The minimum absolute atomic E-state index is 0.00267. The van der Waals surface area contributed by atoms with Gasteiger partial charge >= 0.3 is 5.97 Å². The van der Waals surface area contributed by atoms with Gasteiger partial charge in [0.2, 0.25) is 0 Å². The van der Waals surface area contributed by atoms with Gasteiger partial charge in [0.25, 0.3) is 0 Å². The number of carbonyl (C=O) groups is 1. The van der Waals surface area contributed by atoms with Crippen molar-refractivity contribution < 1.29 is 9.90 Å². The molecule has 2 rings (SSSR count). The number of aromatic nitrogens is 3. The lowest BCUT2D eigenvalue weighted by Crippen LogP contribution is -2.00. The molecule has 0 aliphatic rings. The van der Waals surface area contributed by atoms with Crippen molar-refractivity contribution in [3.8, 4) is 0 Å². The molecule has 0 saturated carbocycles. The average Bonchev–Trinajstić information content (AvgIpc) is 2.68. The predicted octanol–water partition coefficient (Wildman–Crippen LogP) is 1.58. The summed E-state index contributed by atoms with van der Waals surface area (Å²) in [7, 11) is 1.77. The summed E-state index contributed by atoms with van der Waals surface area (Å²) in [4.78, 5) is 14.8. The smallest absolute Gasteiger partial charge is 0.313 e. The molecule has 5 nitrogen and oxygen atoms in total. The van der Waals surface area contributed by atoms with Crippen molar-refractivity contribution in [1.82, 2.24) is 14.8 Å². The number of nitrogens with zero attached hydrogens (tertiary/aromatic N) is 3. The zero-order valence-corrected chi connectivity index (χ0v) is 10.7. The highest BCUT2D eigenvalue weighted by atomic mass is 32.2. The molecule has 0 bridgehead atoms. The Morgan fingerprint density at radius 3 is 2.78 bits per heavy atom. The number of thioether (sulfide) groups is 1. The van der Waals surface area contributed by atoms with Crippen molar-refractivity contribution in [2.75, 3.05) is 5.75 Å². The van der Waals surface area contributed by atoms with Crippen LogP contribution in [0, 0.1) is 0 Å². The molecular formula is C12H13N3O2S. The molecule has 1 aromatic carbocycles. The number of carboxylic acids is 1. The molecule has 18 heavy (non-hydrogen) atoms. The molecule has 1 aromatic heterocycles. The van der Waals surface area contributed by atoms with Gasteiger partial charge in [0.15, 0.2) is 11.0 Å². The topological polar surface area (TPSA) is 68.0 Å². The summed E-state index contributed by atoms with van der Waals surface area (Å²) in [6.07, 6.45) is 0.655. The van der Waals surface area contributed by atoms with Crippen molar-refractivity contribution in [2.24, 2.45) is 7.05 Å². The third-order valence-electron chi connectivity index (χ3n) is 2.30. The Bertz CT molecular complexity index is 540. The van der Waals surface area contributed by atoms with E-state index < -0.39 is 5.97 Å². The highest BCUT2D eigenvalue weighted by Crippen LogP contribution is 2.15. The van der Waals surface area contributed by atoms with Gasteiger partial charge in [-0.05, 0) is 5.56 Å². The van der Waals surface area contributed by atoms with Crippen LogP contribution in [0.25, 0.3) is 0 Å². The summed E-state index contributed by atoms with van der Waals surface area (Å²) in [5, 5.41) is 13.5. The Morgan fingerprint density at radius 1 is 1.39 bits per heavy atom. The Morgan fingerprint density at radius 2 is 2.11 bits per heavy atom. The minimum Gasteiger partial charge on any atom is -0.481 e. The summed E-state index contributed by atoms with van der Waals surface area (Å²) in [5.41, 5.74) is 1.14. The van der Waals surface area contributed by atoms with Gasteiger partial charge in [-0.3, -0.25) is 4.79 Å². The van der Waals surface area contributed by atoms with Crippen LogP contribution in [0.15, 0.2) is 35.5 Å². The molecule has 0 amide bonds. The molecule has 0 fully saturated rings. The molecule has 6 heteroatoms. The summed E-state index contributed by atoms with van der Waals surface area (Å²) in [6, 6.07) is 9.93. The number of rotatable bonds is 5. The van der Waals surface area contributed by atoms with E-state index in [9.17, 15) is 4.79 Å². The third-order valence-corrected chi connectivity index (χ3v) is 3.30. The zero-order valence-electron chi connectivity index (χ0n) is 9.91. The minimum atomic E-state index is -0.854. The monoisotopic (exact) mass is 263 g/mol. The molecule has 0 unspecified atom stereocenters. The fourth-order valence-electron chi connectivity index (χ4n) is 1.53.